The molecular formula is C13H34N2O14P4. The highest BCUT2D eigenvalue weighted by Crippen LogP contribution is 2.42. The maximum Gasteiger partial charge on any atom is 0.339 e. The summed E-state index contributed by atoms with van der Waals surface area (Å²) in [6.07, 6.45) is -4.09. The lowest BCUT2D eigenvalue weighted by Crippen LogP contribution is -2.40. The summed E-state index contributed by atoms with van der Waals surface area (Å²) in [4.78, 5) is 74.7. The highest BCUT2D eigenvalue weighted by Gasteiger charge is 2.31. The van der Waals surface area contributed by atoms with Crippen molar-refractivity contribution < 1.29 is 66.9 Å². The SMILES string of the molecule is CC(COCC(C)N(CP(=O)(O)O)CP(=O)(O)O)OCC(C)N(CP(=O)(O)O)CP(=O)(O)O. The molecule has 0 amide bonds. The number of rotatable bonds is 17. The van der Waals surface area contributed by atoms with Crippen molar-refractivity contribution in [3.8, 4) is 0 Å². The van der Waals surface area contributed by atoms with E-state index in [4.69, 9.17) is 48.6 Å². The van der Waals surface area contributed by atoms with Crippen LogP contribution in [0.3, 0.4) is 0 Å². The zero-order chi connectivity index (χ0) is 26.3. The number of hydrogen-bond donors (Lipinski definition) is 8. The number of ether oxygens (including phenoxy) is 2. The van der Waals surface area contributed by atoms with Crippen molar-refractivity contribution in [3.63, 3.8) is 0 Å². The first-order valence-electron chi connectivity index (χ1n) is 9.44. The molecule has 0 aromatic rings. The molecule has 0 aliphatic heterocycles. The molecule has 0 spiro atoms. The maximum absolute atomic E-state index is 11.2. The molecular weight excluding hydrogens is 532 g/mol. The zero-order valence-corrected chi connectivity index (χ0v) is 22.0. The molecule has 0 fully saturated rings. The second kappa shape index (κ2) is 13.7. The van der Waals surface area contributed by atoms with E-state index in [0.717, 1.165) is 9.80 Å². The van der Waals surface area contributed by atoms with Crippen LogP contribution in [0.25, 0.3) is 0 Å². The Morgan fingerprint density at radius 1 is 0.576 bits per heavy atom. The minimum atomic E-state index is -4.59. The van der Waals surface area contributed by atoms with Crippen molar-refractivity contribution in [1.82, 2.24) is 9.80 Å². The van der Waals surface area contributed by atoms with E-state index < -0.39 is 73.7 Å². The van der Waals surface area contributed by atoms with E-state index in [9.17, 15) is 18.3 Å². The van der Waals surface area contributed by atoms with E-state index >= 15 is 0 Å². The summed E-state index contributed by atoms with van der Waals surface area (Å²) in [6, 6.07) is -1.54. The summed E-state index contributed by atoms with van der Waals surface area (Å²) in [5.74, 6) is 0. The molecule has 0 heterocycles. The Labute approximate surface area is 191 Å². The minimum absolute atomic E-state index is 0.0479. The van der Waals surface area contributed by atoms with Crippen LogP contribution in [0.5, 0.6) is 0 Å². The van der Waals surface area contributed by atoms with E-state index in [1.54, 1.807) is 6.92 Å². The number of nitrogens with zero attached hydrogens (tertiary/aromatic N) is 2. The van der Waals surface area contributed by atoms with E-state index in [2.05, 4.69) is 0 Å². The average molecular weight is 566 g/mol. The van der Waals surface area contributed by atoms with Gasteiger partial charge in [-0.2, -0.15) is 0 Å². The van der Waals surface area contributed by atoms with Gasteiger partial charge >= 0.3 is 30.4 Å². The molecule has 0 saturated heterocycles. The minimum Gasteiger partial charge on any atom is -0.377 e. The lowest BCUT2D eigenvalue weighted by molar-refractivity contribution is -0.0332. The molecule has 0 radical (unpaired) electrons. The van der Waals surface area contributed by atoms with Crippen LogP contribution in [-0.4, -0.2) is 112 Å². The fraction of sp³-hybridized carbons (Fsp3) is 1.00. The van der Waals surface area contributed by atoms with Crippen molar-refractivity contribution in [3.05, 3.63) is 0 Å². The highest BCUT2D eigenvalue weighted by atomic mass is 31.2. The van der Waals surface area contributed by atoms with E-state index in [0.29, 0.717) is 0 Å². The summed E-state index contributed by atoms with van der Waals surface area (Å²) in [5, 5.41) is 0. The fourth-order valence-electron chi connectivity index (χ4n) is 2.56. The van der Waals surface area contributed by atoms with Crippen LogP contribution in [0, 0.1) is 0 Å². The Hall–Kier alpha value is 0.440. The van der Waals surface area contributed by atoms with Crippen molar-refractivity contribution >= 4 is 30.4 Å². The first kappa shape index (κ1) is 33.4. The third kappa shape index (κ3) is 19.3. The summed E-state index contributed by atoms with van der Waals surface area (Å²) in [6.45, 7) is 4.16. The molecule has 3 atom stereocenters. The third-order valence-electron chi connectivity index (χ3n) is 4.04. The molecule has 8 N–H and O–H groups in total. The van der Waals surface area contributed by atoms with Crippen LogP contribution >= 0.6 is 30.4 Å². The van der Waals surface area contributed by atoms with Gasteiger partial charge in [0.05, 0.1) is 25.9 Å². The van der Waals surface area contributed by atoms with Crippen LogP contribution in [0.15, 0.2) is 0 Å². The molecule has 0 rings (SSSR count). The fourth-order valence-corrected chi connectivity index (χ4v) is 6.28. The molecule has 0 aliphatic carbocycles. The first-order chi connectivity index (χ1) is 14.6. The van der Waals surface area contributed by atoms with Gasteiger partial charge in [-0.15, -0.1) is 0 Å². The normalized spacial score (nSPS) is 16.9. The van der Waals surface area contributed by atoms with Crippen molar-refractivity contribution in [2.45, 2.75) is 39.0 Å². The van der Waals surface area contributed by atoms with Gasteiger partial charge in [-0.25, -0.2) is 0 Å². The second-order valence-corrected chi connectivity index (χ2v) is 14.2. The molecule has 0 aromatic heterocycles. The topological polar surface area (TPSA) is 255 Å². The van der Waals surface area contributed by atoms with Gasteiger partial charge in [0.15, 0.2) is 0 Å². The van der Waals surface area contributed by atoms with Crippen LogP contribution in [0.4, 0.5) is 0 Å². The number of hydrogen-bond acceptors (Lipinski definition) is 8. The molecule has 200 valence electrons. The molecule has 20 heteroatoms. The van der Waals surface area contributed by atoms with Gasteiger partial charge < -0.3 is 48.6 Å². The van der Waals surface area contributed by atoms with Crippen molar-refractivity contribution in [2.75, 3.05) is 45.0 Å². The Bertz CT molecular complexity index is 727. The molecule has 0 aromatic carbocycles. The van der Waals surface area contributed by atoms with E-state index in [1.165, 1.54) is 13.8 Å². The predicted molar refractivity (Wildman–Crippen MR) is 116 cm³/mol. The first-order valence-corrected chi connectivity index (χ1v) is 16.6. The Morgan fingerprint density at radius 3 is 1.18 bits per heavy atom. The third-order valence-corrected chi connectivity index (χ3v) is 6.97. The van der Waals surface area contributed by atoms with Gasteiger partial charge in [0.25, 0.3) is 0 Å². The van der Waals surface area contributed by atoms with Gasteiger partial charge in [-0.3, -0.25) is 28.1 Å². The van der Waals surface area contributed by atoms with Crippen LogP contribution in [-0.2, 0) is 27.7 Å². The molecule has 0 aliphatic rings. The lowest BCUT2D eigenvalue weighted by atomic mass is 10.3. The summed E-state index contributed by atoms with van der Waals surface area (Å²) in [7, 11) is -18.4. The Morgan fingerprint density at radius 2 is 0.879 bits per heavy atom. The van der Waals surface area contributed by atoms with Gasteiger partial charge in [0.2, 0.25) is 0 Å². The molecule has 3 unspecified atom stereocenters. The average Bonchev–Trinajstić information content (AvgIpc) is 2.53. The van der Waals surface area contributed by atoms with E-state index in [-0.39, 0.29) is 19.8 Å². The highest BCUT2D eigenvalue weighted by molar-refractivity contribution is 7.53. The maximum atomic E-state index is 11.2. The largest absolute Gasteiger partial charge is 0.377 e. The van der Waals surface area contributed by atoms with Crippen molar-refractivity contribution in [2.24, 2.45) is 0 Å². The Kier molecular flexibility index (Phi) is 13.8. The predicted octanol–water partition coefficient (Wildman–Crippen LogP) is -0.670. The standard InChI is InChI=1S/C13H34N2O14P4/c1-11(14(7-30(16,17)18)8-31(19,20)21)4-28-6-13(3)29-5-12(2)15(9-32(22,23)24)10-33(25,26)27/h11-13H,4-10H2,1-3H3,(H2,16,17,18)(H2,19,20,21)(H2,22,23,24)(H2,25,26,27). The van der Waals surface area contributed by atoms with Gasteiger partial charge in [0, 0.05) is 12.1 Å². The summed E-state index contributed by atoms with van der Waals surface area (Å²) < 4.78 is 55.8. The molecule has 16 nitrogen and oxygen atoms in total. The van der Waals surface area contributed by atoms with Crippen molar-refractivity contribution in [1.29, 1.82) is 0 Å². The zero-order valence-electron chi connectivity index (χ0n) is 18.4. The van der Waals surface area contributed by atoms with E-state index in [1.807, 2.05) is 0 Å². The molecule has 0 saturated carbocycles. The van der Waals surface area contributed by atoms with Crippen LogP contribution in [0.2, 0.25) is 0 Å². The monoisotopic (exact) mass is 566 g/mol. The lowest BCUT2D eigenvalue weighted by Gasteiger charge is -2.30. The second-order valence-electron chi connectivity index (χ2n) is 7.78. The summed E-state index contributed by atoms with van der Waals surface area (Å²) >= 11 is 0. The quantitative estimate of drug-likeness (QED) is 0.102. The van der Waals surface area contributed by atoms with Crippen LogP contribution < -0.4 is 0 Å². The van der Waals surface area contributed by atoms with Crippen LogP contribution in [0.1, 0.15) is 20.8 Å². The smallest absolute Gasteiger partial charge is 0.339 e. The Balaban J connectivity index is 4.74. The molecule has 0 bridgehead atoms. The summed E-state index contributed by atoms with van der Waals surface area (Å²) in [5.41, 5.74) is 0. The molecule has 33 heavy (non-hydrogen) atoms. The van der Waals surface area contributed by atoms with Gasteiger partial charge in [-0.1, -0.05) is 0 Å². The van der Waals surface area contributed by atoms with Gasteiger partial charge in [-0.05, 0) is 20.8 Å². The van der Waals surface area contributed by atoms with Gasteiger partial charge in [0.1, 0.15) is 25.1 Å².